The van der Waals surface area contributed by atoms with Crippen molar-refractivity contribution in [2.24, 2.45) is 0 Å². The van der Waals surface area contributed by atoms with Crippen LogP contribution in [0.15, 0.2) is 18.6 Å². The first-order valence-corrected chi connectivity index (χ1v) is 4.79. The average molecular weight is 218 g/mol. The highest BCUT2D eigenvalue weighted by molar-refractivity contribution is 6.58. The Morgan fingerprint density at radius 1 is 1.25 bits per heavy atom. The minimum Gasteiger partial charge on any atom is -0.423 e. The third-order valence-electron chi connectivity index (χ3n) is 2.32. The van der Waals surface area contributed by atoms with Crippen LogP contribution in [0.4, 0.5) is 0 Å². The van der Waals surface area contributed by atoms with Gasteiger partial charge in [0.2, 0.25) is 5.95 Å². The highest BCUT2D eigenvalue weighted by Gasteiger charge is 2.16. The zero-order chi connectivity index (χ0) is 11.7. The lowest BCUT2D eigenvalue weighted by molar-refractivity contribution is 0.425. The van der Waals surface area contributed by atoms with Crippen molar-refractivity contribution in [1.82, 2.24) is 19.5 Å². The summed E-state index contributed by atoms with van der Waals surface area (Å²) in [6.07, 6.45) is 4.81. The number of rotatable bonds is 2. The van der Waals surface area contributed by atoms with E-state index in [1.165, 1.54) is 6.20 Å². The second-order valence-electron chi connectivity index (χ2n) is 3.43. The van der Waals surface area contributed by atoms with E-state index in [2.05, 4.69) is 15.0 Å². The molecule has 7 heteroatoms. The van der Waals surface area contributed by atoms with Crippen molar-refractivity contribution in [3.63, 3.8) is 0 Å². The van der Waals surface area contributed by atoms with Gasteiger partial charge in [-0.2, -0.15) is 0 Å². The van der Waals surface area contributed by atoms with E-state index in [9.17, 15) is 0 Å². The van der Waals surface area contributed by atoms with Crippen molar-refractivity contribution in [3.05, 3.63) is 30.1 Å². The molecule has 6 nitrogen and oxygen atoms in total. The lowest BCUT2D eigenvalue weighted by Gasteiger charge is -2.07. The second-order valence-corrected chi connectivity index (χ2v) is 3.43. The fourth-order valence-corrected chi connectivity index (χ4v) is 1.42. The van der Waals surface area contributed by atoms with Gasteiger partial charge in [-0.25, -0.2) is 15.0 Å². The van der Waals surface area contributed by atoms with E-state index in [1.807, 2.05) is 6.92 Å². The quantitative estimate of drug-likeness (QED) is 0.629. The van der Waals surface area contributed by atoms with E-state index in [4.69, 9.17) is 10.0 Å². The molecule has 0 spiro atoms. The molecule has 2 aromatic rings. The summed E-state index contributed by atoms with van der Waals surface area (Å²) >= 11 is 0. The third kappa shape index (κ3) is 1.82. The van der Waals surface area contributed by atoms with Crippen LogP contribution in [-0.2, 0) is 0 Å². The molecule has 0 radical (unpaired) electrons. The Morgan fingerprint density at radius 3 is 2.50 bits per heavy atom. The molecule has 0 amide bonds. The fraction of sp³-hybridized carbons (Fsp3) is 0.222. The van der Waals surface area contributed by atoms with Gasteiger partial charge in [-0.15, -0.1) is 0 Å². The summed E-state index contributed by atoms with van der Waals surface area (Å²) in [4.78, 5) is 12.3. The largest absolute Gasteiger partial charge is 0.491 e. The minimum atomic E-state index is -1.54. The van der Waals surface area contributed by atoms with Gasteiger partial charge in [0.05, 0.1) is 0 Å². The van der Waals surface area contributed by atoms with Gasteiger partial charge in [0, 0.05) is 29.7 Å². The highest BCUT2D eigenvalue weighted by Crippen LogP contribution is 2.03. The van der Waals surface area contributed by atoms with Gasteiger partial charge in [-0.1, -0.05) is 0 Å². The first-order valence-electron chi connectivity index (χ1n) is 4.79. The molecule has 0 aliphatic carbocycles. The summed E-state index contributed by atoms with van der Waals surface area (Å²) < 4.78 is 1.72. The fourth-order valence-electron chi connectivity index (χ4n) is 1.42. The van der Waals surface area contributed by atoms with Crippen LogP contribution in [0.2, 0.25) is 0 Å². The smallest absolute Gasteiger partial charge is 0.423 e. The van der Waals surface area contributed by atoms with E-state index in [0.29, 0.717) is 17.1 Å². The first-order chi connectivity index (χ1) is 7.59. The number of aromatic nitrogens is 4. The van der Waals surface area contributed by atoms with Crippen LogP contribution in [0.25, 0.3) is 5.95 Å². The van der Waals surface area contributed by atoms with E-state index in [-0.39, 0.29) is 0 Å². The molecule has 2 aromatic heterocycles. The number of hydrogen-bond acceptors (Lipinski definition) is 5. The minimum absolute atomic E-state index is 0.307. The van der Waals surface area contributed by atoms with Gasteiger partial charge in [0.25, 0.3) is 0 Å². The molecule has 0 aliphatic rings. The number of nitrogens with zero attached hydrogens (tertiary/aromatic N) is 4. The lowest BCUT2D eigenvalue weighted by atomic mass is 9.80. The maximum Gasteiger partial charge on any atom is 0.491 e. The Bertz CT molecular complexity index is 512. The molecule has 0 saturated carbocycles. The Morgan fingerprint density at radius 2 is 2.00 bits per heavy atom. The molecule has 16 heavy (non-hydrogen) atoms. The Hall–Kier alpha value is -1.73. The maximum absolute atomic E-state index is 9.04. The zero-order valence-corrected chi connectivity index (χ0v) is 8.99. The van der Waals surface area contributed by atoms with Crippen molar-refractivity contribution in [2.45, 2.75) is 13.8 Å². The summed E-state index contributed by atoms with van der Waals surface area (Å²) in [6.45, 7) is 3.54. The third-order valence-corrected chi connectivity index (χ3v) is 2.32. The Balaban J connectivity index is 2.46. The molecular weight excluding hydrogens is 207 g/mol. The normalized spacial score (nSPS) is 10.5. The lowest BCUT2D eigenvalue weighted by Crippen LogP contribution is -2.33. The number of imidazole rings is 1. The molecule has 0 atom stereocenters. The van der Waals surface area contributed by atoms with E-state index >= 15 is 0 Å². The van der Waals surface area contributed by atoms with Crippen molar-refractivity contribution in [1.29, 1.82) is 0 Å². The number of aryl methyl sites for hydroxylation is 2. The zero-order valence-electron chi connectivity index (χ0n) is 8.99. The van der Waals surface area contributed by atoms with Crippen LogP contribution in [0, 0.1) is 13.8 Å². The van der Waals surface area contributed by atoms with Gasteiger partial charge in [0.1, 0.15) is 5.82 Å². The van der Waals surface area contributed by atoms with Gasteiger partial charge in [-0.05, 0) is 13.8 Å². The molecule has 2 rings (SSSR count). The van der Waals surface area contributed by atoms with Gasteiger partial charge in [-0.3, -0.25) is 4.57 Å². The average Bonchev–Trinajstić information content (AvgIpc) is 2.63. The van der Waals surface area contributed by atoms with Crippen LogP contribution < -0.4 is 5.46 Å². The molecule has 2 N–H and O–H groups in total. The molecule has 82 valence electrons. The van der Waals surface area contributed by atoms with Crippen LogP contribution in [0.1, 0.15) is 11.5 Å². The van der Waals surface area contributed by atoms with Crippen LogP contribution in [-0.4, -0.2) is 36.7 Å². The Labute approximate surface area is 92.8 Å². The molecule has 0 unspecified atom stereocenters. The molecule has 2 heterocycles. The van der Waals surface area contributed by atoms with Gasteiger partial charge in [0.15, 0.2) is 0 Å². The molecule has 0 saturated heterocycles. The van der Waals surface area contributed by atoms with E-state index < -0.39 is 7.12 Å². The van der Waals surface area contributed by atoms with E-state index in [0.717, 1.165) is 5.82 Å². The standard InChI is InChI=1S/C9H11BN4O2/c1-6-8(10(15)16)5-12-9(13-6)14-4-3-11-7(14)2/h3-5,15-16H,1-2H3. The molecule has 0 aromatic carbocycles. The second kappa shape index (κ2) is 4.03. The van der Waals surface area contributed by atoms with Crippen molar-refractivity contribution in [2.75, 3.05) is 0 Å². The molecule has 0 fully saturated rings. The maximum atomic E-state index is 9.04. The SMILES string of the molecule is Cc1nc(-n2ccnc2C)ncc1B(O)O. The first kappa shape index (κ1) is 10.8. The van der Waals surface area contributed by atoms with Gasteiger partial charge >= 0.3 is 7.12 Å². The van der Waals surface area contributed by atoms with Crippen LogP contribution >= 0.6 is 0 Å². The number of hydrogen-bond donors (Lipinski definition) is 2. The van der Waals surface area contributed by atoms with Crippen LogP contribution in [0.5, 0.6) is 0 Å². The molecular formula is C9H11BN4O2. The summed E-state index contributed by atoms with van der Waals surface area (Å²) in [5.41, 5.74) is 0.842. The Kier molecular flexibility index (Phi) is 2.72. The van der Waals surface area contributed by atoms with Crippen molar-refractivity contribution in [3.8, 4) is 5.95 Å². The summed E-state index contributed by atoms with van der Waals surface area (Å²) in [7, 11) is -1.54. The highest BCUT2D eigenvalue weighted by atomic mass is 16.4. The summed E-state index contributed by atoms with van der Waals surface area (Å²) in [6, 6.07) is 0. The summed E-state index contributed by atoms with van der Waals surface area (Å²) in [5.74, 6) is 1.24. The monoisotopic (exact) mass is 218 g/mol. The van der Waals surface area contributed by atoms with Crippen molar-refractivity contribution >= 4 is 12.6 Å². The topological polar surface area (TPSA) is 84.1 Å². The van der Waals surface area contributed by atoms with Gasteiger partial charge < -0.3 is 10.0 Å². The summed E-state index contributed by atoms with van der Waals surface area (Å²) in [5, 5.41) is 18.1. The molecule has 0 bridgehead atoms. The van der Waals surface area contributed by atoms with Crippen LogP contribution in [0.3, 0.4) is 0 Å². The van der Waals surface area contributed by atoms with E-state index in [1.54, 1.807) is 23.9 Å². The predicted molar refractivity (Wildman–Crippen MR) is 58.5 cm³/mol. The van der Waals surface area contributed by atoms with Crippen molar-refractivity contribution < 1.29 is 10.0 Å². The predicted octanol–water partition coefficient (Wildman–Crippen LogP) is -1.04. The molecule has 0 aliphatic heterocycles.